The van der Waals surface area contributed by atoms with E-state index in [4.69, 9.17) is 4.74 Å². The van der Waals surface area contributed by atoms with Gasteiger partial charge in [0, 0.05) is 24.8 Å². The molecular formula is C41H68N2O6S. The molecular weight excluding hydrogens is 649 g/mol. The summed E-state index contributed by atoms with van der Waals surface area (Å²) in [4.78, 5) is 37.8. The van der Waals surface area contributed by atoms with Crippen molar-refractivity contribution in [1.82, 2.24) is 9.62 Å². The number of hydrogen-bond donors (Lipinski definition) is 1. The number of Topliss-reactive ketones (excluding diaryl/α,β-unsaturated/α-hetero) is 1. The monoisotopic (exact) mass is 716 g/mol. The zero-order chi connectivity index (χ0) is 37.0. The quantitative estimate of drug-likeness (QED) is 0.224. The number of ether oxygens (including phenoxy) is 2. The van der Waals surface area contributed by atoms with E-state index in [0.29, 0.717) is 36.6 Å². The maximum absolute atomic E-state index is 14.5. The van der Waals surface area contributed by atoms with Crippen LogP contribution in [0.15, 0.2) is 11.1 Å². The van der Waals surface area contributed by atoms with E-state index in [1.807, 2.05) is 20.8 Å². The van der Waals surface area contributed by atoms with Gasteiger partial charge in [0.2, 0.25) is 0 Å². The molecule has 8 nitrogen and oxygen atoms in total. The van der Waals surface area contributed by atoms with Gasteiger partial charge in [0.05, 0.1) is 4.75 Å². The van der Waals surface area contributed by atoms with Gasteiger partial charge in [0.15, 0.2) is 5.78 Å². The largest absolute Gasteiger partial charge is 0.462 e. The van der Waals surface area contributed by atoms with E-state index in [1.54, 1.807) is 6.92 Å². The number of allylic oxidation sites excluding steroid dienone is 1. The van der Waals surface area contributed by atoms with Crippen molar-refractivity contribution < 1.29 is 28.1 Å². The van der Waals surface area contributed by atoms with E-state index in [1.165, 1.54) is 24.8 Å². The highest BCUT2D eigenvalue weighted by atomic mass is 32.2. The molecule has 1 aliphatic heterocycles. The SMILES string of the molecule is CC(=O)OC1CCC2(C)C(CCC3(C)C4CC[C@@]5(S(=O)NC6CCN(C)CC6)CC(=O)C(C(C)C)=C5C4CCC32)C1(C)C.CC(C)(C)OC=O. The molecule has 8 unspecified atom stereocenters. The van der Waals surface area contributed by atoms with Crippen LogP contribution in [-0.4, -0.2) is 70.0 Å². The van der Waals surface area contributed by atoms with Crippen molar-refractivity contribution in [2.45, 2.75) is 162 Å². The predicted octanol–water partition coefficient (Wildman–Crippen LogP) is 7.57. The fraction of sp³-hybridized carbons (Fsp3) is 0.878. The van der Waals surface area contributed by atoms with Crippen LogP contribution in [-0.2, 0) is 34.8 Å². The Balaban J connectivity index is 0.000000630. The van der Waals surface area contributed by atoms with Crippen LogP contribution in [0.5, 0.6) is 0 Å². The number of carbonyl (C=O) groups excluding carboxylic acids is 3. The number of nitrogens with zero attached hydrogens (tertiary/aromatic N) is 1. The highest BCUT2D eigenvalue weighted by molar-refractivity contribution is 7.84. The summed E-state index contributed by atoms with van der Waals surface area (Å²) in [5, 5.41) is 0. The molecule has 1 N–H and O–H groups in total. The Morgan fingerprint density at radius 3 is 2.14 bits per heavy atom. The van der Waals surface area contributed by atoms with E-state index in [9.17, 15) is 18.6 Å². The third-order valence-corrected chi connectivity index (χ3v) is 16.3. The third kappa shape index (κ3) is 7.07. The zero-order valence-corrected chi connectivity index (χ0v) is 33.9. The van der Waals surface area contributed by atoms with Crippen molar-refractivity contribution in [3.63, 3.8) is 0 Å². The number of piperidine rings is 1. The van der Waals surface area contributed by atoms with Crippen LogP contribution in [0, 0.1) is 45.8 Å². The number of esters is 1. The van der Waals surface area contributed by atoms with Crippen LogP contribution in [0.2, 0.25) is 0 Å². The number of ketones is 1. The molecule has 9 atom stereocenters. The molecule has 6 aliphatic rings. The van der Waals surface area contributed by atoms with Gasteiger partial charge in [-0.05, 0) is 157 Å². The van der Waals surface area contributed by atoms with Crippen molar-refractivity contribution in [2.75, 3.05) is 20.1 Å². The summed E-state index contributed by atoms with van der Waals surface area (Å²) in [7, 11) is 0.902. The minimum Gasteiger partial charge on any atom is -0.462 e. The van der Waals surface area contributed by atoms with Gasteiger partial charge in [-0.2, -0.15) is 0 Å². The number of likely N-dealkylation sites (tertiary alicyclic amines) is 1. The normalized spacial score (nSPS) is 39.3. The zero-order valence-electron chi connectivity index (χ0n) is 33.1. The van der Waals surface area contributed by atoms with E-state index < -0.39 is 15.7 Å². The summed E-state index contributed by atoms with van der Waals surface area (Å²) < 4.78 is 28.0. The van der Waals surface area contributed by atoms with Gasteiger partial charge < -0.3 is 14.4 Å². The molecule has 0 aromatic carbocycles. The molecule has 0 spiro atoms. The molecule has 1 heterocycles. The fourth-order valence-electron chi connectivity index (χ4n) is 12.4. The molecule has 6 rings (SSSR count). The molecule has 0 aromatic heterocycles. The molecule has 0 amide bonds. The topological polar surface area (TPSA) is 102 Å². The number of hydrogen-bond acceptors (Lipinski definition) is 7. The summed E-state index contributed by atoms with van der Waals surface area (Å²) >= 11 is 0. The molecule has 1 saturated heterocycles. The Bertz CT molecular complexity index is 1360. The van der Waals surface area contributed by atoms with Crippen LogP contribution < -0.4 is 4.72 Å². The highest BCUT2D eigenvalue weighted by Crippen LogP contribution is 2.72. The molecule has 4 saturated carbocycles. The third-order valence-electron chi connectivity index (χ3n) is 14.5. The minimum atomic E-state index is -1.26. The second-order valence-corrected chi connectivity index (χ2v) is 20.9. The molecule has 9 heteroatoms. The van der Waals surface area contributed by atoms with Gasteiger partial charge in [-0.1, -0.05) is 41.5 Å². The van der Waals surface area contributed by atoms with Crippen LogP contribution in [0.4, 0.5) is 0 Å². The Morgan fingerprint density at radius 1 is 0.940 bits per heavy atom. The van der Waals surface area contributed by atoms with Gasteiger partial charge in [-0.3, -0.25) is 14.4 Å². The van der Waals surface area contributed by atoms with Gasteiger partial charge in [0.25, 0.3) is 6.47 Å². The van der Waals surface area contributed by atoms with E-state index >= 15 is 0 Å². The van der Waals surface area contributed by atoms with Crippen molar-refractivity contribution >= 4 is 29.2 Å². The first-order valence-corrected chi connectivity index (χ1v) is 20.8. The van der Waals surface area contributed by atoms with Gasteiger partial charge in [-0.15, -0.1) is 0 Å². The van der Waals surface area contributed by atoms with Gasteiger partial charge in [0.1, 0.15) is 22.7 Å². The number of fused-ring (bicyclic) bond motifs is 7. The minimum absolute atomic E-state index is 0.00522. The molecule has 5 aliphatic carbocycles. The predicted molar refractivity (Wildman–Crippen MR) is 199 cm³/mol. The first kappa shape index (κ1) is 39.6. The lowest BCUT2D eigenvalue weighted by Crippen LogP contribution is -2.63. The van der Waals surface area contributed by atoms with Crippen molar-refractivity contribution in [1.29, 1.82) is 0 Å². The summed E-state index contributed by atoms with van der Waals surface area (Å²) in [6.07, 6.45) is 11.1. The smallest absolute Gasteiger partial charge is 0.302 e. The summed E-state index contributed by atoms with van der Waals surface area (Å²) in [6, 6.07) is 0.262. The fourth-order valence-corrected chi connectivity index (χ4v) is 14.2. The number of nitrogens with one attached hydrogen (secondary N) is 1. The van der Waals surface area contributed by atoms with E-state index in [2.05, 4.69) is 62.9 Å². The average molecular weight is 717 g/mol. The molecule has 50 heavy (non-hydrogen) atoms. The lowest BCUT2D eigenvalue weighted by atomic mass is 9.37. The maximum Gasteiger partial charge on any atom is 0.302 e. The first-order chi connectivity index (χ1) is 23.2. The Morgan fingerprint density at radius 2 is 1.58 bits per heavy atom. The Labute approximate surface area is 305 Å². The summed E-state index contributed by atoms with van der Waals surface area (Å²) in [6.45, 7) is 23.7. The Kier molecular flexibility index (Phi) is 11.4. The molecule has 0 aromatic rings. The van der Waals surface area contributed by atoms with Crippen LogP contribution in [0.25, 0.3) is 0 Å². The van der Waals surface area contributed by atoms with Gasteiger partial charge in [-0.25, -0.2) is 8.93 Å². The van der Waals surface area contributed by atoms with E-state index in [0.717, 1.165) is 63.6 Å². The summed E-state index contributed by atoms with van der Waals surface area (Å²) in [5.74, 6) is 2.30. The summed E-state index contributed by atoms with van der Waals surface area (Å²) in [5.41, 5.74) is 2.40. The van der Waals surface area contributed by atoms with E-state index in [-0.39, 0.29) is 51.7 Å². The standard InChI is InChI=1S/C36H58N2O4S.C5H10O2/c1-22(2)31-27(40)21-36(43(41)37-24-14-19-38(8)20-15-24)18-11-26-25(32(31)36)9-10-29-34(26,6)16-12-28-33(4,5)30(42-23(3)39)13-17-35(28,29)7;1-5(2,3)7-4-6/h22,24-26,28-30,37H,9-21H2,1-8H3;4H,1-3H3/t25?,26?,28?,29?,30?,34?,35?,36-,43?;/m1./s1. The molecule has 0 radical (unpaired) electrons. The lowest BCUT2D eigenvalue weighted by Gasteiger charge is -2.68. The second kappa shape index (κ2) is 14.3. The lowest BCUT2D eigenvalue weighted by molar-refractivity contribution is -0.210. The van der Waals surface area contributed by atoms with Crippen molar-refractivity contribution in [3.05, 3.63) is 11.1 Å². The maximum atomic E-state index is 14.5. The first-order valence-electron chi connectivity index (χ1n) is 19.6. The van der Waals surface area contributed by atoms with Crippen LogP contribution in [0.3, 0.4) is 0 Å². The second-order valence-electron chi connectivity index (χ2n) is 19.3. The average Bonchev–Trinajstić information content (AvgIpc) is 3.33. The molecule has 284 valence electrons. The Hall–Kier alpha value is -1.58. The van der Waals surface area contributed by atoms with Crippen molar-refractivity contribution in [2.24, 2.45) is 45.8 Å². The number of rotatable bonds is 6. The van der Waals surface area contributed by atoms with Crippen LogP contribution in [0.1, 0.15) is 140 Å². The highest BCUT2D eigenvalue weighted by Gasteiger charge is 2.67. The van der Waals surface area contributed by atoms with Gasteiger partial charge >= 0.3 is 5.97 Å². The van der Waals surface area contributed by atoms with Crippen molar-refractivity contribution in [3.8, 4) is 0 Å². The number of carbonyl (C=O) groups is 3. The van der Waals surface area contributed by atoms with Crippen LogP contribution >= 0.6 is 0 Å². The molecule has 0 bridgehead atoms. The molecule has 5 fully saturated rings.